The van der Waals surface area contributed by atoms with E-state index in [9.17, 15) is 0 Å². The van der Waals surface area contributed by atoms with Gasteiger partial charge in [0.1, 0.15) is 0 Å². The summed E-state index contributed by atoms with van der Waals surface area (Å²) >= 11 is 0. The molecule has 0 aliphatic carbocycles. The van der Waals surface area contributed by atoms with Crippen LogP contribution in [0.1, 0.15) is 0 Å². The van der Waals surface area contributed by atoms with Gasteiger partial charge in [-0.25, -0.2) is 11.1 Å². The first-order chi connectivity index (χ1) is 5.97. The van der Waals surface area contributed by atoms with Gasteiger partial charge in [-0.3, -0.25) is 0 Å². The van der Waals surface area contributed by atoms with Crippen molar-refractivity contribution in [1.29, 1.82) is 0 Å². The molecule has 0 saturated heterocycles. The van der Waals surface area contributed by atoms with E-state index < -0.39 is 0 Å². The van der Waals surface area contributed by atoms with Gasteiger partial charge in [-0.2, -0.15) is 48.5 Å². The van der Waals surface area contributed by atoms with Crippen molar-refractivity contribution in [2.45, 2.75) is 0 Å². The van der Waals surface area contributed by atoms with Crippen molar-refractivity contribution in [3.8, 4) is 11.1 Å². The van der Waals surface area contributed by atoms with Gasteiger partial charge in [0, 0.05) is 0 Å². The van der Waals surface area contributed by atoms with Gasteiger partial charge in [0.25, 0.3) is 0 Å². The maximum atomic E-state index is 3.15. The van der Waals surface area contributed by atoms with Crippen LogP contribution in [0.3, 0.4) is 0 Å². The molecule has 0 saturated carbocycles. The number of benzene rings is 2. The predicted molar refractivity (Wildman–Crippen MR) is 61.1 cm³/mol. The van der Waals surface area contributed by atoms with Gasteiger partial charge in [0.05, 0.1) is 0 Å². The Kier molecular flexibility index (Phi) is 17.1. The van der Waals surface area contributed by atoms with E-state index >= 15 is 0 Å². The van der Waals surface area contributed by atoms with Crippen LogP contribution in [0.2, 0.25) is 0 Å². The smallest absolute Gasteiger partial charge is 1.00 e. The van der Waals surface area contributed by atoms with E-state index in [1.54, 1.807) is 0 Å². The van der Waals surface area contributed by atoms with E-state index in [0.717, 1.165) is 11.1 Å². The molecule has 0 aromatic heterocycles. The molecular formula is C12H8Br2Mg2. The molecule has 0 radical (unpaired) electrons. The van der Waals surface area contributed by atoms with E-state index in [4.69, 9.17) is 0 Å². The van der Waals surface area contributed by atoms with E-state index in [0.29, 0.717) is 0 Å². The number of rotatable bonds is 1. The van der Waals surface area contributed by atoms with E-state index in [1.807, 2.05) is 48.5 Å². The van der Waals surface area contributed by atoms with Crippen LogP contribution in [-0.2, 0) is 0 Å². The SMILES string of the molecule is [Br-].[Br-].[Mg+2].[Mg+2].[c-]1ccccc1-c1[c-]cccc1. The molecular weight excluding hydrogens is 353 g/mol. The Hall–Kier alpha value is 0.932. The van der Waals surface area contributed by atoms with E-state index in [1.165, 1.54) is 0 Å². The zero-order chi connectivity index (χ0) is 8.23. The predicted octanol–water partition coefficient (Wildman–Crippen LogP) is -3.80. The van der Waals surface area contributed by atoms with Gasteiger partial charge >= 0.3 is 46.1 Å². The fourth-order valence-corrected chi connectivity index (χ4v) is 1.12. The van der Waals surface area contributed by atoms with Crippen LogP contribution in [-0.4, -0.2) is 46.1 Å². The molecule has 0 aliphatic rings. The van der Waals surface area contributed by atoms with E-state index in [2.05, 4.69) is 12.1 Å². The third-order valence-electron chi connectivity index (χ3n) is 1.71. The first kappa shape index (κ1) is 22.1. The average molecular weight is 361 g/mol. The number of halogens is 2. The molecule has 0 aliphatic heterocycles. The van der Waals surface area contributed by atoms with Crippen molar-refractivity contribution in [3.63, 3.8) is 0 Å². The molecule has 0 atom stereocenters. The maximum Gasteiger partial charge on any atom is 2.00 e. The molecule has 0 N–H and O–H groups in total. The summed E-state index contributed by atoms with van der Waals surface area (Å²) in [5, 5.41) is 0. The fourth-order valence-electron chi connectivity index (χ4n) is 1.12. The Balaban J connectivity index is -0.000000422. The molecule has 0 nitrogen and oxygen atoms in total. The monoisotopic (exact) mass is 358 g/mol. The Morgan fingerprint density at radius 1 is 0.625 bits per heavy atom. The Morgan fingerprint density at radius 3 is 1.25 bits per heavy atom. The van der Waals surface area contributed by atoms with Crippen LogP contribution in [0.4, 0.5) is 0 Å². The maximum absolute atomic E-state index is 3.15. The molecule has 4 heteroatoms. The molecule has 0 amide bonds. The summed E-state index contributed by atoms with van der Waals surface area (Å²) in [6.07, 6.45) is 0. The summed E-state index contributed by atoms with van der Waals surface area (Å²) < 4.78 is 0. The molecule has 0 unspecified atom stereocenters. The Bertz CT molecular complexity index is 314. The first-order valence-corrected chi connectivity index (χ1v) is 3.90. The normalized spacial score (nSPS) is 7.25. The third-order valence-corrected chi connectivity index (χ3v) is 1.71. The minimum atomic E-state index is 0. The molecule has 16 heavy (non-hydrogen) atoms. The van der Waals surface area contributed by atoms with Crippen LogP contribution < -0.4 is 34.0 Å². The topological polar surface area (TPSA) is 0 Å². The van der Waals surface area contributed by atoms with Gasteiger partial charge in [0.2, 0.25) is 0 Å². The second kappa shape index (κ2) is 12.4. The molecule has 0 spiro atoms. The van der Waals surface area contributed by atoms with Crippen molar-refractivity contribution in [1.82, 2.24) is 0 Å². The standard InChI is InChI=1S/C12H8.2BrH.2Mg/c1-3-7-11(8-4-1)12-9-5-2-6-10-12;;;;/h1-7,9H;2*1H;;/q-2;;;2*+2/p-2. The largest absolute Gasteiger partial charge is 2.00 e. The number of hydrogen-bond acceptors (Lipinski definition) is 0. The molecule has 0 fully saturated rings. The Morgan fingerprint density at radius 2 is 1.00 bits per heavy atom. The summed E-state index contributed by atoms with van der Waals surface area (Å²) in [6, 6.07) is 22.1. The van der Waals surface area contributed by atoms with Gasteiger partial charge in [-0.05, 0) is 0 Å². The first-order valence-electron chi connectivity index (χ1n) is 3.90. The van der Waals surface area contributed by atoms with Crippen LogP contribution in [0.5, 0.6) is 0 Å². The third kappa shape index (κ3) is 6.62. The summed E-state index contributed by atoms with van der Waals surface area (Å²) in [4.78, 5) is 0. The van der Waals surface area contributed by atoms with Gasteiger partial charge < -0.3 is 34.0 Å². The van der Waals surface area contributed by atoms with Crippen molar-refractivity contribution >= 4 is 46.1 Å². The van der Waals surface area contributed by atoms with Crippen molar-refractivity contribution in [2.75, 3.05) is 0 Å². The van der Waals surface area contributed by atoms with Crippen molar-refractivity contribution in [3.05, 3.63) is 60.7 Å². The fraction of sp³-hybridized carbons (Fsp3) is 0. The van der Waals surface area contributed by atoms with Gasteiger partial charge in [0.15, 0.2) is 0 Å². The van der Waals surface area contributed by atoms with Crippen LogP contribution in [0.15, 0.2) is 48.5 Å². The van der Waals surface area contributed by atoms with Crippen LogP contribution in [0.25, 0.3) is 11.1 Å². The van der Waals surface area contributed by atoms with Crippen LogP contribution >= 0.6 is 0 Å². The van der Waals surface area contributed by atoms with Gasteiger partial charge in [-0.1, -0.05) is 0 Å². The quantitative estimate of drug-likeness (QED) is 0.362. The molecule has 2 rings (SSSR count). The second-order valence-electron chi connectivity index (χ2n) is 2.55. The average Bonchev–Trinajstić information content (AvgIpc) is 2.21. The molecule has 74 valence electrons. The van der Waals surface area contributed by atoms with Crippen molar-refractivity contribution in [2.24, 2.45) is 0 Å². The Labute approximate surface area is 150 Å². The van der Waals surface area contributed by atoms with Crippen molar-refractivity contribution < 1.29 is 34.0 Å². The summed E-state index contributed by atoms with van der Waals surface area (Å²) in [7, 11) is 0. The summed E-state index contributed by atoms with van der Waals surface area (Å²) in [6.45, 7) is 0. The molecule has 0 heterocycles. The molecule has 2 aromatic carbocycles. The number of hydrogen-bond donors (Lipinski definition) is 0. The molecule has 2 aromatic rings. The minimum Gasteiger partial charge on any atom is -1.00 e. The zero-order valence-electron chi connectivity index (χ0n) is 8.79. The summed E-state index contributed by atoms with van der Waals surface area (Å²) in [5.74, 6) is 0. The van der Waals surface area contributed by atoms with Crippen LogP contribution in [0, 0.1) is 12.1 Å². The minimum absolute atomic E-state index is 0. The molecule has 0 bridgehead atoms. The second-order valence-corrected chi connectivity index (χ2v) is 2.55. The summed E-state index contributed by atoms with van der Waals surface area (Å²) in [5.41, 5.74) is 2.19. The van der Waals surface area contributed by atoms with Gasteiger partial charge in [-0.15, -0.1) is 12.1 Å². The van der Waals surface area contributed by atoms with E-state index in [-0.39, 0.29) is 80.1 Å². The zero-order valence-corrected chi connectivity index (χ0v) is 14.8.